The van der Waals surface area contributed by atoms with Gasteiger partial charge in [0.05, 0.1) is 13.7 Å². The molecular weight excluding hydrogens is 178 g/mol. The Hall–Kier alpha value is -0.570. The van der Waals surface area contributed by atoms with E-state index in [9.17, 15) is 4.79 Å². The zero-order valence-corrected chi connectivity index (χ0v) is 9.38. The molecule has 0 aromatic carbocycles. The zero-order chi connectivity index (χ0) is 10.6. The van der Waals surface area contributed by atoms with Crippen LogP contribution in [0.1, 0.15) is 33.1 Å². The van der Waals surface area contributed by atoms with Gasteiger partial charge < -0.3 is 10.1 Å². The number of ether oxygens (including phenoxy) is 1. The molecule has 0 saturated heterocycles. The number of nitrogens with one attached hydrogen (secondary N) is 1. The lowest BCUT2D eigenvalue weighted by Crippen LogP contribution is -2.45. The minimum Gasteiger partial charge on any atom is -0.468 e. The molecule has 0 aromatic rings. The molecule has 82 valence electrons. The van der Waals surface area contributed by atoms with Crippen LogP contribution >= 0.6 is 0 Å². The van der Waals surface area contributed by atoms with Gasteiger partial charge in [-0.2, -0.15) is 0 Å². The van der Waals surface area contributed by atoms with Gasteiger partial charge in [0.1, 0.15) is 0 Å². The van der Waals surface area contributed by atoms with Gasteiger partial charge in [0.15, 0.2) is 0 Å². The molecule has 14 heavy (non-hydrogen) atoms. The molecule has 1 saturated carbocycles. The highest BCUT2D eigenvalue weighted by molar-refractivity contribution is 5.71. The van der Waals surface area contributed by atoms with Crippen LogP contribution in [0.25, 0.3) is 0 Å². The third-order valence-electron chi connectivity index (χ3n) is 3.25. The molecule has 1 rings (SSSR count). The zero-order valence-electron chi connectivity index (χ0n) is 9.38. The van der Waals surface area contributed by atoms with E-state index in [1.807, 2.05) is 0 Å². The van der Waals surface area contributed by atoms with Gasteiger partial charge in [0.2, 0.25) is 0 Å². The van der Waals surface area contributed by atoms with Crippen molar-refractivity contribution in [3.63, 3.8) is 0 Å². The van der Waals surface area contributed by atoms with E-state index in [0.717, 1.165) is 0 Å². The van der Waals surface area contributed by atoms with Crippen molar-refractivity contribution in [2.75, 3.05) is 13.7 Å². The fraction of sp³-hybridized carbons (Fsp3) is 0.909. The Labute approximate surface area is 86.2 Å². The maximum atomic E-state index is 11.0. The maximum Gasteiger partial charge on any atom is 0.319 e. The van der Waals surface area contributed by atoms with E-state index in [4.69, 9.17) is 0 Å². The quantitative estimate of drug-likeness (QED) is 0.701. The van der Waals surface area contributed by atoms with Crippen LogP contribution in [0.4, 0.5) is 0 Å². The molecule has 3 nitrogen and oxygen atoms in total. The van der Waals surface area contributed by atoms with E-state index in [1.165, 1.54) is 26.4 Å². The highest BCUT2D eigenvalue weighted by atomic mass is 16.5. The monoisotopic (exact) mass is 199 g/mol. The summed E-state index contributed by atoms with van der Waals surface area (Å²) in [6.07, 6.45) is 3.85. The van der Waals surface area contributed by atoms with Crippen LogP contribution < -0.4 is 5.32 Å². The highest BCUT2D eigenvalue weighted by Crippen LogP contribution is 2.28. The summed E-state index contributed by atoms with van der Waals surface area (Å²) in [5, 5.41) is 3.30. The average Bonchev–Trinajstić information content (AvgIpc) is 2.16. The fourth-order valence-electron chi connectivity index (χ4n) is 2.36. The number of carbonyl (C=O) groups excluding carboxylic acids is 1. The lowest BCUT2D eigenvalue weighted by atomic mass is 9.79. The van der Waals surface area contributed by atoms with Gasteiger partial charge in [0.25, 0.3) is 0 Å². The third-order valence-corrected chi connectivity index (χ3v) is 3.25. The molecule has 1 aliphatic rings. The minimum atomic E-state index is -0.171. The van der Waals surface area contributed by atoms with Gasteiger partial charge >= 0.3 is 5.97 Å². The summed E-state index contributed by atoms with van der Waals surface area (Å²) in [5.41, 5.74) is 0. The first-order valence-corrected chi connectivity index (χ1v) is 5.45. The molecule has 2 atom stereocenters. The van der Waals surface area contributed by atoms with Gasteiger partial charge in [0, 0.05) is 6.04 Å². The number of hydrogen-bond acceptors (Lipinski definition) is 3. The van der Waals surface area contributed by atoms with E-state index in [0.29, 0.717) is 24.4 Å². The Morgan fingerprint density at radius 1 is 1.36 bits per heavy atom. The number of carbonyl (C=O) groups is 1. The summed E-state index contributed by atoms with van der Waals surface area (Å²) >= 11 is 0. The van der Waals surface area contributed by atoms with Crippen molar-refractivity contribution in [3.8, 4) is 0 Å². The van der Waals surface area contributed by atoms with E-state index in [-0.39, 0.29) is 5.97 Å². The van der Waals surface area contributed by atoms with E-state index >= 15 is 0 Å². The normalized spacial score (nSPS) is 32.6. The summed E-state index contributed by atoms with van der Waals surface area (Å²) < 4.78 is 4.61. The smallest absolute Gasteiger partial charge is 0.319 e. The Morgan fingerprint density at radius 3 is 2.43 bits per heavy atom. The number of hydrogen-bond donors (Lipinski definition) is 1. The van der Waals surface area contributed by atoms with E-state index < -0.39 is 0 Å². The van der Waals surface area contributed by atoms with Gasteiger partial charge in [-0.05, 0) is 24.7 Å². The second-order valence-electron chi connectivity index (χ2n) is 4.37. The summed E-state index contributed by atoms with van der Waals surface area (Å²) in [4.78, 5) is 11.0. The largest absolute Gasteiger partial charge is 0.468 e. The molecule has 0 heterocycles. The predicted octanol–water partition coefficient (Wildman–Crippen LogP) is 1.57. The number of methoxy groups -OCH3 is 1. The summed E-state index contributed by atoms with van der Waals surface area (Å²) in [6.45, 7) is 4.85. The standard InChI is InChI=1S/C11H21NO2/c1-8-5-4-6-9(2)11(8)12-7-10(13)14-3/h8-9,11-12H,4-7H2,1-3H3. The van der Waals surface area contributed by atoms with Crippen LogP contribution in [-0.2, 0) is 9.53 Å². The van der Waals surface area contributed by atoms with Crippen LogP contribution in [0, 0.1) is 11.8 Å². The van der Waals surface area contributed by atoms with Gasteiger partial charge in [-0.25, -0.2) is 0 Å². The molecule has 3 heteroatoms. The molecular formula is C11H21NO2. The van der Waals surface area contributed by atoms with Crippen LogP contribution in [-0.4, -0.2) is 25.7 Å². The Morgan fingerprint density at radius 2 is 1.93 bits per heavy atom. The van der Waals surface area contributed by atoms with E-state index in [2.05, 4.69) is 23.9 Å². The first-order valence-electron chi connectivity index (χ1n) is 5.45. The molecule has 1 fully saturated rings. The fourth-order valence-corrected chi connectivity index (χ4v) is 2.36. The molecule has 0 radical (unpaired) electrons. The van der Waals surface area contributed by atoms with E-state index in [1.54, 1.807) is 0 Å². The Balaban J connectivity index is 2.36. The third kappa shape index (κ3) is 2.98. The van der Waals surface area contributed by atoms with Gasteiger partial charge in [-0.1, -0.05) is 20.3 Å². The second-order valence-corrected chi connectivity index (χ2v) is 4.37. The molecule has 2 unspecified atom stereocenters. The molecule has 0 amide bonds. The van der Waals surface area contributed by atoms with Crippen LogP contribution in [0.3, 0.4) is 0 Å². The molecule has 0 spiro atoms. The van der Waals surface area contributed by atoms with Crippen LogP contribution in [0.2, 0.25) is 0 Å². The van der Waals surface area contributed by atoms with Crippen molar-refractivity contribution in [3.05, 3.63) is 0 Å². The number of esters is 1. The lowest BCUT2D eigenvalue weighted by Gasteiger charge is -2.35. The van der Waals surface area contributed by atoms with Crippen molar-refractivity contribution in [1.82, 2.24) is 5.32 Å². The van der Waals surface area contributed by atoms with Crippen LogP contribution in [0.5, 0.6) is 0 Å². The van der Waals surface area contributed by atoms with Crippen molar-refractivity contribution >= 4 is 5.97 Å². The Bertz CT molecular complexity index is 184. The Kier molecular flexibility index (Phi) is 4.39. The topological polar surface area (TPSA) is 38.3 Å². The molecule has 1 aliphatic carbocycles. The molecule has 0 aromatic heterocycles. The summed E-state index contributed by atoms with van der Waals surface area (Å²) in [6, 6.07) is 0.475. The highest BCUT2D eigenvalue weighted by Gasteiger charge is 2.27. The first kappa shape index (κ1) is 11.5. The molecule has 0 bridgehead atoms. The lowest BCUT2D eigenvalue weighted by molar-refractivity contribution is -0.139. The second kappa shape index (κ2) is 5.35. The van der Waals surface area contributed by atoms with Gasteiger partial charge in [-0.3, -0.25) is 4.79 Å². The van der Waals surface area contributed by atoms with Crippen molar-refractivity contribution in [1.29, 1.82) is 0 Å². The summed E-state index contributed by atoms with van der Waals surface area (Å²) in [5.74, 6) is 1.17. The molecule has 1 N–H and O–H groups in total. The first-order chi connectivity index (χ1) is 6.65. The SMILES string of the molecule is COC(=O)CNC1C(C)CCCC1C. The summed E-state index contributed by atoms with van der Waals surface area (Å²) in [7, 11) is 1.43. The van der Waals surface area contributed by atoms with Crippen molar-refractivity contribution in [2.24, 2.45) is 11.8 Å². The van der Waals surface area contributed by atoms with Crippen molar-refractivity contribution in [2.45, 2.75) is 39.2 Å². The maximum absolute atomic E-state index is 11.0. The number of rotatable bonds is 3. The van der Waals surface area contributed by atoms with Crippen LogP contribution in [0.15, 0.2) is 0 Å². The van der Waals surface area contributed by atoms with Gasteiger partial charge in [-0.15, -0.1) is 0 Å². The molecule has 0 aliphatic heterocycles. The predicted molar refractivity (Wildman–Crippen MR) is 56.0 cm³/mol. The average molecular weight is 199 g/mol. The van der Waals surface area contributed by atoms with Crippen molar-refractivity contribution < 1.29 is 9.53 Å². The minimum absolute atomic E-state index is 0.171.